The van der Waals surface area contributed by atoms with Crippen molar-refractivity contribution >= 4 is 35.4 Å². The normalized spacial score (nSPS) is 13.9. The first-order valence-corrected chi connectivity index (χ1v) is 11.8. The number of nitrogens with two attached hydrogens (primary N) is 1. The number of hydrogen-bond donors (Lipinski definition) is 6. The lowest BCUT2D eigenvalue weighted by atomic mass is 9.99. The Bertz CT molecular complexity index is 1140. The third kappa shape index (κ3) is 10.2. The van der Waals surface area contributed by atoms with E-state index in [0.29, 0.717) is 0 Å². The summed E-state index contributed by atoms with van der Waals surface area (Å²) in [7, 11) is 0. The Hall–Kier alpha value is -4.20. The second-order valence-electron chi connectivity index (χ2n) is 9.17. The van der Waals surface area contributed by atoms with Gasteiger partial charge in [-0.05, 0) is 37.0 Å². The molecule has 0 heterocycles. The van der Waals surface area contributed by atoms with Gasteiger partial charge in [0.05, 0.1) is 11.6 Å². The quantitative estimate of drug-likeness (QED) is 0.162. The van der Waals surface area contributed by atoms with Crippen molar-refractivity contribution in [2.45, 2.75) is 64.2 Å². The van der Waals surface area contributed by atoms with Crippen LogP contribution in [0.3, 0.4) is 0 Å². The van der Waals surface area contributed by atoms with Crippen LogP contribution in [0.15, 0.2) is 30.4 Å². The highest BCUT2D eigenvalue weighted by molar-refractivity contribution is 6.01. The zero-order chi connectivity index (χ0) is 30.0. The smallest absolute Gasteiger partial charge is 0.333 e. The van der Waals surface area contributed by atoms with Crippen molar-refractivity contribution in [2.24, 2.45) is 11.7 Å². The van der Waals surface area contributed by atoms with E-state index in [0.717, 1.165) is 19.1 Å². The maximum absolute atomic E-state index is 13.8. The van der Waals surface area contributed by atoms with Crippen LogP contribution in [-0.2, 0) is 35.2 Å². The predicted octanol–water partition coefficient (Wildman–Crippen LogP) is 0.0396. The van der Waals surface area contributed by atoms with Crippen LogP contribution in [0.5, 0.6) is 0 Å². The number of halogens is 2. The molecular formula is C25H32F2N4O8. The minimum atomic E-state index is -1.57. The molecule has 0 aliphatic rings. The Morgan fingerprint density at radius 1 is 0.949 bits per heavy atom. The molecule has 0 aliphatic heterocycles. The van der Waals surface area contributed by atoms with E-state index in [1.165, 1.54) is 6.07 Å². The van der Waals surface area contributed by atoms with Gasteiger partial charge >= 0.3 is 11.9 Å². The maximum atomic E-state index is 13.8. The molecule has 7 N–H and O–H groups in total. The van der Waals surface area contributed by atoms with Gasteiger partial charge in [-0.1, -0.05) is 26.5 Å². The van der Waals surface area contributed by atoms with Crippen LogP contribution in [0.1, 0.15) is 39.2 Å². The maximum Gasteiger partial charge on any atom is 0.333 e. The van der Waals surface area contributed by atoms with Crippen LogP contribution >= 0.6 is 0 Å². The molecule has 0 fully saturated rings. The third-order valence-electron chi connectivity index (χ3n) is 5.63. The van der Waals surface area contributed by atoms with Crippen molar-refractivity contribution < 1.29 is 47.8 Å². The van der Waals surface area contributed by atoms with Gasteiger partial charge in [0.15, 0.2) is 17.4 Å². The second-order valence-corrected chi connectivity index (χ2v) is 9.17. The number of aliphatic carboxylic acids is 2. The van der Waals surface area contributed by atoms with E-state index in [2.05, 4.69) is 22.5 Å². The van der Waals surface area contributed by atoms with Crippen LogP contribution in [0.2, 0.25) is 0 Å². The molecule has 39 heavy (non-hydrogen) atoms. The number of carbonyl (C=O) groups is 6. The summed E-state index contributed by atoms with van der Waals surface area (Å²) in [5.41, 5.74) is 5.23. The highest BCUT2D eigenvalue weighted by atomic mass is 19.2. The number of amides is 3. The van der Waals surface area contributed by atoms with Crippen LogP contribution < -0.4 is 21.7 Å². The molecule has 0 saturated heterocycles. The number of carboxylic acid groups (broad SMARTS) is 2. The van der Waals surface area contributed by atoms with Crippen molar-refractivity contribution in [3.8, 4) is 0 Å². The molecule has 12 nitrogen and oxygen atoms in total. The van der Waals surface area contributed by atoms with Crippen molar-refractivity contribution in [3.05, 3.63) is 47.5 Å². The van der Waals surface area contributed by atoms with Crippen molar-refractivity contribution in [3.63, 3.8) is 0 Å². The number of rotatable bonds is 15. The molecule has 1 aromatic rings. The van der Waals surface area contributed by atoms with Gasteiger partial charge in [0.2, 0.25) is 17.7 Å². The molecule has 214 valence electrons. The molecule has 14 heteroatoms. The average Bonchev–Trinajstić information content (AvgIpc) is 2.84. The van der Waals surface area contributed by atoms with Gasteiger partial charge < -0.3 is 31.9 Å². The van der Waals surface area contributed by atoms with Gasteiger partial charge in [-0.2, -0.15) is 0 Å². The zero-order valence-corrected chi connectivity index (χ0v) is 21.6. The Labute approximate surface area is 223 Å². The minimum Gasteiger partial charge on any atom is -0.481 e. The van der Waals surface area contributed by atoms with Crippen LogP contribution in [0, 0.1) is 17.6 Å². The van der Waals surface area contributed by atoms with Gasteiger partial charge in [0.25, 0.3) is 0 Å². The standard InChI is InChI=1S/C25H32F2N4O8/c1-11(2)20(24(37)31-21(13(4)32)12(3)25(38)39)30-23(36)18(10-14-5-6-15(26)16(27)9-14)29-22(35)17(28)7-8-19(33)34/h5-6,9,11,17-18,20-21H,3,7-8,10,28H2,1-2,4H3,(H,29,35)(H,30,36)(H,31,37)(H,33,34)(H,38,39)/t17-,18-,20-,21-/m0/s1. The summed E-state index contributed by atoms with van der Waals surface area (Å²) in [6, 6.07) is -2.87. The van der Waals surface area contributed by atoms with Crippen molar-refractivity contribution in [2.75, 3.05) is 0 Å². The largest absolute Gasteiger partial charge is 0.481 e. The first-order chi connectivity index (χ1) is 18.0. The molecule has 0 aliphatic carbocycles. The summed E-state index contributed by atoms with van der Waals surface area (Å²) in [5.74, 6) is -9.15. The third-order valence-corrected chi connectivity index (χ3v) is 5.63. The summed E-state index contributed by atoms with van der Waals surface area (Å²) in [4.78, 5) is 72.7. The number of hydrogen-bond acceptors (Lipinski definition) is 7. The number of carboxylic acids is 2. The van der Waals surface area contributed by atoms with E-state index >= 15 is 0 Å². The van der Waals surface area contributed by atoms with Gasteiger partial charge in [-0.3, -0.25) is 24.0 Å². The molecule has 0 aromatic heterocycles. The van der Waals surface area contributed by atoms with E-state index in [-0.39, 0.29) is 18.4 Å². The highest BCUT2D eigenvalue weighted by Gasteiger charge is 2.33. The van der Waals surface area contributed by atoms with Gasteiger partial charge in [-0.25, -0.2) is 13.6 Å². The lowest BCUT2D eigenvalue weighted by Crippen LogP contribution is -2.59. The monoisotopic (exact) mass is 554 g/mol. The lowest BCUT2D eigenvalue weighted by Gasteiger charge is -2.27. The SMILES string of the molecule is C=C(C(=O)O)[C@H](NC(=O)[C@@H](NC(=O)[C@H](Cc1ccc(F)c(F)c1)NC(=O)[C@@H](N)CCC(=O)O)C(C)C)C(C)=O. The van der Waals surface area contributed by atoms with E-state index in [4.69, 9.17) is 15.9 Å². The summed E-state index contributed by atoms with van der Waals surface area (Å²) in [6.45, 7) is 7.42. The number of ketones is 1. The molecule has 3 amide bonds. The fourth-order valence-corrected chi connectivity index (χ4v) is 3.38. The Balaban J connectivity index is 3.21. The minimum absolute atomic E-state index is 0.105. The summed E-state index contributed by atoms with van der Waals surface area (Å²) >= 11 is 0. The molecular weight excluding hydrogens is 522 g/mol. The molecule has 1 rings (SSSR count). The van der Waals surface area contributed by atoms with E-state index in [1.807, 2.05) is 0 Å². The van der Waals surface area contributed by atoms with Crippen LogP contribution in [0.25, 0.3) is 0 Å². The zero-order valence-electron chi connectivity index (χ0n) is 21.6. The number of benzene rings is 1. The Morgan fingerprint density at radius 2 is 1.56 bits per heavy atom. The fraction of sp³-hybridized carbons (Fsp3) is 0.440. The average molecular weight is 555 g/mol. The lowest BCUT2D eigenvalue weighted by molar-refractivity contribution is -0.137. The van der Waals surface area contributed by atoms with Gasteiger partial charge in [0.1, 0.15) is 18.1 Å². The molecule has 0 spiro atoms. The van der Waals surface area contributed by atoms with Gasteiger partial charge in [-0.15, -0.1) is 0 Å². The molecule has 0 unspecified atom stereocenters. The summed E-state index contributed by atoms with van der Waals surface area (Å²) in [6.07, 6.45) is -1.04. The van der Waals surface area contributed by atoms with Crippen molar-refractivity contribution in [1.29, 1.82) is 0 Å². The second kappa shape index (κ2) is 14.7. The van der Waals surface area contributed by atoms with Crippen LogP contribution in [0.4, 0.5) is 8.78 Å². The molecule has 0 radical (unpaired) electrons. The van der Waals surface area contributed by atoms with Gasteiger partial charge in [0, 0.05) is 12.8 Å². The number of Topliss-reactive ketones (excluding diaryl/α,β-unsaturated/α-hetero) is 1. The number of carbonyl (C=O) groups excluding carboxylic acids is 4. The van der Waals surface area contributed by atoms with E-state index in [9.17, 15) is 37.5 Å². The molecule has 1 aromatic carbocycles. The van der Waals surface area contributed by atoms with E-state index < -0.39 is 89.2 Å². The fourth-order valence-electron chi connectivity index (χ4n) is 3.38. The van der Waals surface area contributed by atoms with Crippen molar-refractivity contribution in [1.82, 2.24) is 16.0 Å². The Morgan fingerprint density at radius 3 is 2.05 bits per heavy atom. The van der Waals surface area contributed by atoms with E-state index in [1.54, 1.807) is 13.8 Å². The Kier molecular flexibility index (Phi) is 12.3. The molecule has 0 saturated carbocycles. The first-order valence-electron chi connectivity index (χ1n) is 11.8. The molecule has 0 bridgehead atoms. The predicted molar refractivity (Wildman–Crippen MR) is 133 cm³/mol. The molecule has 4 atom stereocenters. The number of nitrogens with one attached hydrogen (secondary N) is 3. The first kappa shape index (κ1) is 32.8. The summed E-state index contributed by atoms with van der Waals surface area (Å²) < 4.78 is 27.1. The van der Waals surface area contributed by atoms with Crippen LogP contribution in [-0.4, -0.2) is 69.8 Å². The summed E-state index contributed by atoms with van der Waals surface area (Å²) in [5, 5.41) is 24.9. The topological polar surface area (TPSA) is 205 Å². The highest BCUT2D eigenvalue weighted by Crippen LogP contribution is 2.13.